The van der Waals surface area contributed by atoms with E-state index in [-0.39, 0.29) is 5.82 Å². The predicted octanol–water partition coefficient (Wildman–Crippen LogP) is 6.86. The highest BCUT2D eigenvalue weighted by molar-refractivity contribution is 5.64. The Morgan fingerprint density at radius 3 is 2.14 bits per heavy atom. The fraction of sp³-hybridized carbons (Fsp3) is 0.360. The van der Waals surface area contributed by atoms with Gasteiger partial charge in [0.05, 0.1) is 6.61 Å². The average Bonchev–Trinajstić information content (AvgIpc) is 2.76. The second-order valence-corrected chi connectivity index (χ2v) is 7.30. The van der Waals surface area contributed by atoms with Gasteiger partial charge in [-0.05, 0) is 42.5 Å². The highest BCUT2D eigenvalue weighted by atomic mass is 19.1. The van der Waals surface area contributed by atoms with Crippen LogP contribution in [0, 0.1) is 5.82 Å². The van der Waals surface area contributed by atoms with Crippen LogP contribution in [0.15, 0.2) is 54.9 Å². The molecule has 0 bridgehead atoms. The molecule has 1 aromatic heterocycles. The Morgan fingerprint density at radius 1 is 0.793 bits per heavy atom. The van der Waals surface area contributed by atoms with Gasteiger partial charge in [-0.3, -0.25) is 0 Å². The van der Waals surface area contributed by atoms with Crippen molar-refractivity contribution < 1.29 is 9.13 Å². The third-order valence-electron chi connectivity index (χ3n) is 4.95. The molecule has 0 aliphatic heterocycles. The van der Waals surface area contributed by atoms with Crippen LogP contribution in [0.2, 0.25) is 0 Å². The zero-order valence-corrected chi connectivity index (χ0v) is 17.3. The van der Waals surface area contributed by atoms with Crippen LogP contribution in [0.5, 0.6) is 5.75 Å². The fourth-order valence-electron chi connectivity index (χ4n) is 3.15. The highest BCUT2D eigenvalue weighted by Crippen LogP contribution is 2.26. The van der Waals surface area contributed by atoms with Gasteiger partial charge in [-0.1, -0.05) is 63.4 Å². The molecule has 0 amide bonds. The normalized spacial score (nSPS) is 10.9. The second kappa shape index (κ2) is 10.7. The number of rotatable bonds is 10. The molecule has 3 rings (SSSR count). The molecule has 0 spiro atoms. The van der Waals surface area contributed by atoms with Gasteiger partial charge in [0.1, 0.15) is 0 Å². The summed E-state index contributed by atoms with van der Waals surface area (Å²) in [5.74, 6) is 0.606. The molecule has 0 fully saturated rings. The number of halogens is 1. The van der Waals surface area contributed by atoms with Crippen molar-refractivity contribution in [2.45, 2.75) is 52.4 Å². The van der Waals surface area contributed by atoms with Crippen molar-refractivity contribution in [3.8, 4) is 28.3 Å². The van der Waals surface area contributed by atoms with Gasteiger partial charge in [0.2, 0.25) is 0 Å². The van der Waals surface area contributed by atoms with E-state index in [1.165, 1.54) is 30.9 Å². The molecule has 0 radical (unpaired) electrons. The topological polar surface area (TPSA) is 35.0 Å². The van der Waals surface area contributed by atoms with Crippen LogP contribution in [0.4, 0.5) is 4.39 Å². The molecule has 1 heterocycles. The molecule has 0 aliphatic carbocycles. The number of hydrogen-bond acceptors (Lipinski definition) is 3. The lowest BCUT2D eigenvalue weighted by Crippen LogP contribution is -1.98. The van der Waals surface area contributed by atoms with Crippen LogP contribution < -0.4 is 4.74 Å². The number of hydrogen-bond donors (Lipinski definition) is 0. The van der Waals surface area contributed by atoms with Crippen molar-refractivity contribution >= 4 is 0 Å². The van der Waals surface area contributed by atoms with Crippen LogP contribution in [-0.4, -0.2) is 16.6 Å². The molecule has 29 heavy (non-hydrogen) atoms. The van der Waals surface area contributed by atoms with E-state index in [1.807, 2.05) is 6.07 Å². The fourth-order valence-corrected chi connectivity index (χ4v) is 3.15. The number of unbranched alkanes of at least 4 members (excludes halogenated alkanes) is 3. The van der Waals surface area contributed by atoms with Gasteiger partial charge in [0.15, 0.2) is 17.4 Å². The lowest BCUT2D eigenvalue weighted by molar-refractivity contribution is 0.294. The van der Waals surface area contributed by atoms with Crippen molar-refractivity contribution in [1.29, 1.82) is 0 Å². The zero-order chi connectivity index (χ0) is 20.5. The Bertz CT molecular complexity index is 892. The van der Waals surface area contributed by atoms with E-state index in [9.17, 15) is 4.39 Å². The summed E-state index contributed by atoms with van der Waals surface area (Å²) in [5.41, 5.74) is 3.85. The van der Waals surface area contributed by atoms with Crippen LogP contribution >= 0.6 is 0 Å². The first-order valence-corrected chi connectivity index (χ1v) is 10.5. The van der Waals surface area contributed by atoms with E-state index in [0.717, 1.165) is 36.0 Å². The van der Waals surface area contributed by atoms with Gasteiger partial charge >= 0.3 is 0 Å². The maximum absolute atomic E-state index is 14.3. The Morgan fingerprint density at radius 2 is 1.48 bits per heavy atom. The van der Waals surface area contributed by atoms with Gasteiger partial charge in [0.25, 0.3) is 0 Å². The first-order valence-electron chi connectivity index (χ1n) is 10.5. The van der Waals surface area contributed by atoms with Crippen LogP contribution in [0.3, 0.4) is 0 Å². The van der Waals surface area contributed by atoms with Crippen molar-refractivity contribution in [3.05, 3.63) is 66.2 Å². The van der Waals surface area contributed by atoms with Crippen LogP contribution in [-0.2, 0) is 6.42 Å². The van der Waals surface area contributed by atoms with Gasteiger partial charge in [-0.25, -0.2) is 14.4 Å². The van der Waals surface area contributed by atoms with Crippen molar-refractivity contribution in [2.75, 3.05) is 6.61 Å². The first-order chi connectivity index (χ1) is 14.2. The molecule has 2 aromatic carbocycles. The third kappa shape index (κ3) is 5.86. The van der Waals surface area contributed by atoms with Crippen molar-refractivity contribution in [3.63, 3.8) is 0 Å². The van der Waals surface area contributed by atoms with Gasteiger partial charge in [-0.15, -0.1) is 0 Å². The minimum absolute atomic E-state index is 0.291. The van der Waals surface area contributed by atoms with Crippen molar-refractivity contribution in [1.82, 2.24) is 9.97 Å². The summed E-state index contributed by atoms with van der Waals surface area (Å²) in [7, 11) is 0. The average molecular weight is 393 g/mol. The molecule has 0 N–H and O–H groups in total. The number of nitrogens with zero attached hydrogens (tertiary/aromatic N) is 2. The Balaban J connectivity index is 1.67. The smallest absolute Gasteiger partial charge is 0.165 e. The minimum Gasteiger partial charge on any atom is -0.491 e. The van der Waals surface area contributed by atoms with E-state index >= 15 is 0 Å². The largest absolute Gasteiger partial charge is 0.491 e. The quantitative estimate of drug-likeness (QED) is 0.353. The van der Waals surface area contributed by atoms with Gasteiger partial charge in [-0.2, -0.15) is 0 Å². The summed E-state index contributed by atoms with van der Waals surface area (Å²) in [6.45, 7) is 4.82. The second-order valence-electron chi connectivity index (χ2n) is 7.30. The molecule has 3 nitrogen and oxygen atoms in total. The molecule has 0 unspecified atom stereocenters. The summed E-state index contributed by atoms with van der Waals surface area (Å²) >= 11 is 0. The maximum atomic E-state index is 14.3. The molecule has 4 heteroatoms. The molecule has 0 saturated carbocycles. The molecule has 0 saturated heterocycles. The molecule has 0 aliphatic rings. The standard InChI is InChI=1S/C25H29FN2O/c1-3-5-7-8-19-9-11-20(12-10-19)25-27-17-22(18-28-25)21-13-14-24(23(26)16-21)29-15-6-4-2/h9-14,16-18H,3-8,15H2,1-2H3. The van der Waals surface area contributed by atoms with E-state index in [4.69, 9.17) is 4.74 Å². The number of ether oxygens (including phenoxy) is 1. The number of benzene rings is 2. The molecular weight excluding hydrogens is 363 g/mol. The Hall–Kier alpha value is -2.75. The summed E-state index contributed by atoms with van der Waals surface area (Å²) in [6.07, 6.45) is 10.2. The van der Waals surface area contributed by atoms with E-state index in [1.54, 1.807) is 18.5 Å². The predicted molar refractivity (Wildman–Crippen MR) is 116 cm³/mol. The third-order valence-corrected chi connectivity index (χ3v) is 4.95. The molecule has 152 valence electrons. The SMILES string of the molecule is CCCCCc1ccc(-c2ncc(-c3ccc(OCCCC)c(F)c3)cn2)cc1. The lowest BCUT2D eigenvalue weighted by Gasteiger charge is -2.09. The van der Waals surface area contributed by atoms with E-state index < -0.39 is 0 Å². The first kappa shape index (κ1) is 21.0. The maximum Gasteiger partial charge on any atom is 0.165 e. The summed E-state index contributed by atoms with van der Waals surface area (Å²) in [6, 6.07) is 13.4. The molecular formula is C25H29FN2O. The van der Waals surface area contributed by atoms with Crippen LogP contribution in [0.1, 0.15) is 51.5 Å². The van der Waals surface area contributed by atoms with E-state index in [0.29, 0.717) is 18.2 Å². The highest BCUT2D eigenvalue weighted by Gasteiger charge is 2.08. The summed E-state index contributed by atoms with van der Waals surface area (Å²) in [4.78, 5) is 8.96. The van der Waals surface area contributed by atoms with Gasteiger partial charge in [0, 0.05) is 23.5 Å². The van der Waals surface area contributed by atoms with Crippen molar-refractivity contribution in [2.24, 2.45) is 0 Å². The van der Waals surface area contributed by atoms with Gasteiger partial charge < -0.3 is 4.74 Å². The van der Waals surface area contributed by atoms with E-state index in [2.05, 4.69) is 48.1 Å². The molecule has 0 atom stereocenters. The summed E-state index contributed by atoms with van der Waals surface area (Å²) in [5, 5.41) is 0. The Labute approximate surface area is 173 Å². The number of aryl methyl sites for hydroxylation is 1. The Kier molecular flexibility index (Phi) is 7.74. The minimum atomic E-state index is -0.360. The van der Waals surface area contributed by atoms with Crippen LogP contribution in [0.25, 0.3) is 22.5 Å². The molecule has 3 aromatic rings. The monoisotopic (exact) mass is 392 g/mol. The lowest BCUT2D eigenvalue weighted by atomic mass is 10.0. The zero-order valence-electron chi connectivity index (χ0n) is 17.3. The number of aromatic nitrogens is 2. The summed E-state index contributed by atoms with van der Waals surface area (Å²) < 4.78 is 19.8.